The van der Waals surface area contributed by atoms with Gasteiger partial charge in [-0.05, 0) is 19.3 Å². The van der Waals surface area contributed by atoms with Crippen molar-refractivity contribution in [2.24, 2.45) is 5.92 Å². The lowest BCUT2D eigenvalue weighted by Crippen LogP contribution is -2.04. The van der Waals surface area contributed by atoms with Crippen LogP contribution in [-0.4, -0.2) is 13.2 Å². The second-order valence-corrected chi connectivity index (χ2v) is 5.30. The van der Waals surface area contributed by atoms with Crippen LogP contribution < -0.4 is 0 Å². The van der Waals surface area contributed by atoms with Crippen molar-refractivity contribution in [3.8, 4) is 0 Å². The first-order valence-electron chi connectivity index (χ1n) is 7.02. The van der Waals surface area contributed by atoms with Crippen molar-refractivity contribution in [3.63, 3.8) is 0 Å². The van der Waals surface area contributed by atoms with E-state index in [1.807, 2.05) is 0 Å². The van der Waals surface area contributed by atoms with Gasteiger partial charge in [0.25, 0.3) is 0 Å². The Balaban J connectivity index is 2.99. The zero-order valence-corrected chi connectivity index (χ0v) is 11.6. The predicted octanol–water partition coefficient (Wildman–Crippen LogP) is 5.00. The molecule has 0 N–H and O–H groups in total. The topological polar surface area (TPSA) is 9.23 Å². The van der Waals surface area contributed by atoms with Gasteiger partial charge in [-0.3, -0.25) is 0 Å². The van der Waals surface area contributed by atoms with E-state index >= 15 is 0 Å². The minimum atomic E-state index is 0.200. The maximum atomic E-state index is 5.12. The summed E-state index contributed by atoms with van der Waals surface area (Å²) in [6, 6.07) is 0. The van der Waals surface area contributed by atoms with E-state index in [1.165, 1.54) is 51.4 Å². The van der Waals surface area contributed by atoms with Crippen molar-refractivity contribution in [2.45, 2.75) is 77.7 Å². The van der Waals surface area contributed by atoms with Gasteiger partial charge < -0.3 is 4.74 Å². The fraction of sp³-hybridized carbons (Fsp3) is 0.933. The summed E-state index contributed by atoms with van der Waals surface area (Å²) in [7, 11) is 1.74. The maximum Gasteiger partial charge on any atom is 0.0572 e. The van der Waals surface area contributed by atoms with Crippen molar-refractivity contribution >= 4 is 0 Å². The Labute approximate surface area is 103 Å². The summed E-state index contributed by atoms with van der Waals surface area (Å²) < 4.78 is 5.12. The molecule has 0 fully saturated rings. The third kappa shape index (κ3) is 12.0. The van der Waals surface area contributed by atoms with Crippen LogP contribution in [-0.2, 0) is 4.74 Å². The Hall–Kier alpha value is -0.0400. The molecule has 0 bridgehead atoms. The molecule has 0 aliphatic heterocycles. The number of ether oxygens (including phenoxy) is 1. The van der Waals surface area contributed by atoms with Crippen molar-refractivity contribution in [1.29, 1.82) is 0 Å². The van der Waals surface area contributed by atoms with Crippen molar-refractivity contribution in [3.05, 3.63) is 6.92 Å². The lowest BCUT2D eigenvalue weighted by molar-refractivity contribution is 0.128. The Kier molecular flexibility index (Phi) is 11.4. The van der Waals surface area contributed by atoms with Gasteiger partial charge in [0.15, 0.2) is 0 Å². The summed E-state index contributed by atoms with van der Waals surface area (Å²) in [5.41, 5.74) is 0. The Morgan fingerprint density at radius 3 is 1.69 bits per heavy atom. The van der Waals surface area contributed by atoms with Crippen LogP contribution in [0.25, 0.3) is 0 Å². The molecule has 0 aromatic heterocycles. The smallest absolute Gasteiger partial charge is 0.0572 e. The molecule has 0 saturated heterocycles. The van der Waals surface area contributed by atoms with Crippen LogP contribution in [0.5, 0.6) is 0 Å². The van der Waals surface area contributed by atoms with Crippen molar-refractivity contribution in [2.75, 3.05) is 7.11 Å². The molecular weight excluding hydrogens is 196 g/mol. The molecule has 0 rings (SSSR count). The van der Waals surface area contributed by atoms with Gasteiger partial charge in [-0.15, -0.1) is 0 Å². The standard InChI is InChI=1S/C15H31O/c1-14(2)12-10-8-6-5-7-9-11-13-15(3)16-4/h14-15H,3,5-13H2,1-2,4H3. The number of rotatable bonds is 11. The molecule has 97 valence electrons. The average Bonchev–Trinajstić information content (AvgIpc) is 2.26. The highest BCUT2D eigenvalue weighted by Crippen LogP contribution is 2.13. The molecule has 1 radical (unpaired) electrons. The van der Waals surface area contributed by atoms with Gasteiger partial charge in [0, 0.05) is 7.11 Å². The maximum absolute atomic E-state index is 5.12. The Morgan fingerprint density at radius 2 is 1.25 bits per heavy atom. The number of hydrogen-bond acceptors (Lipinski definition) is 1. The van der Waals surface area contributed by atoms with Crippen LogP contribution >= 0.6 is 0 Å². The largest absolute Gasteiger partial charge is 0.381 e. The molecule has 1 atom stereocenters. The van der Waals surface area contributed by atoms with Crippen LogP contribution in [0.3, 0.4) is 0 Å². The summed E-state index contributed by atoms with van der Waals surface area (Å²) >= 11 is 0. The molecule has 0 aliphatic carbocycles. The second kappa shape index (κ2) is 11.4. The molecule has 0 heterocycles. The van der Waals surface area contributed by atoms with Gasteiger partial charge in [-0.25, -0.2) is 0 Å². The fourth-order valence-corrected chi connectivity index (χ4v) is 1.93. The molecule has 0 aliphatic rings. The van der Waals surface area contributed by atoms with Crippen LogP contribution in [0.2, 0.25) is 0 Å². The van der Waals surface area contributed by atoms with E-state index in [0.717, 1.165) is 12.3 Å². The van der Waals surface area contributed by atoms with E-state index in [0.29, 0.717) is 0 Å². The Bertz CT molecular complexity index is 131. The van der Waals surface area contributed by atoms with Crippen LogP contribution in [0, 0.1) is 12.8 Å². The monoisotopic (exact) mass is 227 g/mol. The zero-order chi connectivity index (χ0) is 12.2. The lowest BCUT2D eigenvalue weighted by atomic mass is 10.0. The highest BCUT2D eigenvalue weighted by Gasteiger charge is 1.99. The van der Waals surface area contributed by atoms with E-state index in [-0.39, 0.29) is 6.10 Å². The van der Waals surface area contributed by atoms with E-state index in [9.17, 15) is 0 Å². The highest BCUT2D eigenvalue weighted by molar-refractivity contribution is 4.59. The molecule has 0 amide bonds. The van der Waals surface area contributed by atoms with E-state index in [1.54, 1.807) is 7.11 Å². The summed E-state index contributed by atoms with van der Waals surface area (Å²) in [5.74, 6) is 0.878. The first kappa shape index (κ1) is 16.0. The summed E-state index contributed by atoms with van der Waals surface area (Å²) in [6.07, 6.45) is 12.4. The molecule has 16 heavy (non-hydrogen) atoms. The van der Waals surface area contributed by atoms with Gasteiger partial charge in [0.2, 0.25) is 0 Å². The predicted molar refractivity (Wildman–Crippen MR) is 72.5 cm³/mol. The first-order valence-corrected chi connectivity index (χ1v) is 7.02. The Morgan fingerprint density at radius 1 is 0.812 bits per heavy atom. The molecular formula is C15H31O. The molecule has 0 spiro atoms. The summed E-state index contributed by atoms with van der Waals surface area (Å²) in [4.78, 5) is 0. The highest BCUT2D eigenvalue weighted by atomic mass is 16.5. The SMILES string of the molecule is [CH2]C(CCCCCCCCCC(C)C)OC. The zero-order valence-electron chi connectivity index (χ0n) is 11.6. The van der Waals surface area contributed by atoms with Crippen LogP contribution in [0.4, 0.5) is 0 Å². The molecule has 1 nitrogen and oxygen atoms in total. The number of methoxy groups -OCH3 is 1. The van der Waals surface area contributed by atoms with E-state index in [4.69, 9.17) is 4.74 Å². The van der Waals surface area contributed by atoms with Gasteiger partial charge in [0.1, 0.15) is 0 Å². The van der Waals surface area contributed by atoms with E-state index < -0.39 is 0 Å². The molecule has 0 saturated carbocycles. The number of hydrogen-bond donors (Lipinski definition) is 0. The van der Waals surface area contributed by atoms with Gasteiger partial charge in [-0.2, -0.15) is 0 Å². The quantitative estimate of drug-likeness (QED) is 0.451. The van der Waals surface area contributed by atoms with Gasteiger partial charge in [-0.1, -0.05) is 65.2 Å². The normalized spacial score (nSPS) is 13.3. The van der Waals surface area contributed by atoms with Crippen molar-refractivity contribution < 1.29 is 4.74 Å². The van der Waals surface area contributed by atoms with Gasteiger partial charge >= 0.3 is 0 Å². The third-order valence-electron chi connectivity index (χ3n) is 3.14. The van der Waals surface area contributed by atoms with Crippen LogP contribution in [0.15, 0.2) is 0 Å². The third-order valence-corrected chi connectivity index (χ3v) is 3.14. The fourth-order valence-electron chi connectivity index (χ4n) is 1.93. The minimum absolute atomic E-state index is 0.200. The summed E-state index contributed by atoms with van der Waals surface area (Å²) in [6.45, 7) is 8.53. The van der Waals surface area contributed by atoms with E-state index in [2.05, 4.69) is 20.8 Å². The molecule has 1 unspecified atom stereocenters. The second-order valence-electron chi connectivity index (χ2n) is 5.30. The first-order chi connectivity index (χ1) is 7.66. The molecule has 0 aromatic carbocycles. The average molecular weight is 227 g/mol. The molecule has 0 aromatic rings. The van der Waals surface area contributed by atoms with Crippen molar-refractivity contribution in [1.82, 2.24) is 0 Å². The lowest BCUT2D eigenvalue weighted by Gasteiger charge is -2.08. The van der Waals surface area contributed by atoms with Crippen LogP contribution in [0.1, 0.15) is 71.6 Å². The minimum Gasteiger partial charge on any atom is -0.381 e. The number of unbranched alkanes of at least 4 members (excludes halogenated alkanes) is 6. The summed E-state index contributed by atoms with van der Waals surface area (Å²) in [5, 5.41) is 0. The van der Waals surface area contributed by atoms with Gasteiger partial charge in [0.05, 0.1) is 6.10 Å². The molecule has 1 heteroatoms.